The molecular weight excluding hydrogens is 486 g/mol. The summed E-state index contributed by atoms with van der Waals surface area (Å²) in [6.07, 6.45) is 6.37. The summed E-state index contributed by atoms with van der Waals surface area (Å²) in [6, 6.07) is 22.2. The van der Waals surface area contributed by atoms with Gasteiger partial charge in [-0.05, 0) is 91.9 Å². The molecule has 0 fully saturated rings. The molecule has 0 saturated heterocycles. The Labute approximate surface area is 192 Å². The molecule has 0 aliphatic heterocycles. The van der Waals surface area contributed by atoms with E-state index in [9.17, 15) is 0 Å². The Bertz CT molecular complexity index is 896. The highest BCUT2D eigenvalue weighted by molar-refractivity contribution is 9.10. The van der Waals surface area contributed by atoms with Gasteiger partial charge in [-0.2, -0.15) is 0 Å². The molecule has 0 saturated carbocycles. The van der Waals surface area contributed by atoms with Crippen LogP contribution >= 0.6 is 31.9 Å². The molecule has 0 aliphatic carbocycles. The van der Waals surface area contributed by atoms with Crippen molar-refractivity contribution < 1.29 is 0 Å². The maximum Gasteiger partial charge on any atom is 0.0465 e. The molecule has 0 radical (unpaired) electrons. The first-order valence-corrected chi connectivity index (χ1v) is 12.0. The summed E-state index contributed by atoms with van der Waals surface area (Å²) in [4.78, 5) is 2.33. The summed E-state index contributed by atoms with van der Waals surface area (Å²) >= 11 is 7.26. The van der Waals surface area contributed by atoms with Gasteiger partial charge in [0.1, 0.15) is 0 Å². The fraction of sp³-hybridized carbons (Fsp3) is 0.308. The van der Waals surface area contributed by atoms with Gasteiger partial charge in [-0.25, -0.2) is 0 Å². The van der Waals surface area contributed by atoms with Gasteiger partial charge in [-0.1, -0.05) is 70.2 Å². The van der Waals surface area contributed by atoms with Crippen molar-refractivity contribution in [2.24, 2.45) is 0 Å². The molecule has 0 bridgehead atoms. The second-order valence-electron chi connectivity index (χ2n) is 7.68. The summed E-state index contributed by atoms with van der Waals surface area (Å²) in [5.41, 5.74) is 7.41. The van der Waals surface area contributed by atoms with Crippen molar-refractivity contribution in [3.05, 3.63) is 86.3 Å². The third-order valence-corrected chi connectivity index (χ3v) is 7.09. The second-order valence-corrected chi connectivity index (χ2v) is 9.39. The topological polar surface area (TPSA) is 3.24 Å². The minimum absolute atomic E-state index is 1.13. The van der Waals surface area contributed by atoms with Crippen molar-refractivity contribution in [3.63, 3.8) is 0 Å². The Morgan fingerprint density at radius 2 is 1.17 bits per heavy atom. The van der Waals surface area contributed by atoms with Crippen LogP contribution in [0.4, 0.5) is 17.1 Å². The molecule has 0 atom stereocenters. The van der Waals surface area contributed by atoms with Crippen LogP contribution in [-0.2, 0) is 6.42 Å². The van der Waals surface area contributed by atoms with Gasteiger partial charge < -0.3 is 4.90 Å². The van der Waals surface area contributed by atoms with Gasteiger partial charge in [-0.15, -0.1) is 0 Å². The molecule has 0 unspecified atom stereocenters. The zero-order valence-corrected chi connectivity index (χ0v) is 20.7. The Hall–Kier alpha value is -1.58. The Morgan fingerprint density at radius 3 is 1.66 bits per heavy atom. The van der Waals surface area contributed by atoms with Crippen LogP contribution in [0.3, 0.4) is 0 Å². The van der Waals surface area contributed by atoms with E-state index in [2.05, 4.69) is 118 Å². The first-order chi connectivity index (χ1) is 14.0. The Kier molecular flexibility index (Phi) is 7.97. The van der Waals surface area contributed by atoms with E-state index >= 15 is 0 Å². The highest BCUT2D eigenvalue weighted by Crippen LogP contribution is 2.37. The lowest BCUT2D eigenvalue weighted by Gasteiger charge is -2.26. The Balaban J connectivity index is 1.94. The molecule has 0 aromatic heterocycles. The molecule has 0 heterocycles. The monoisotopic (exact) mass is 513 g/mol. The number of hydrogen-bond acceptors (Lipinski definition) is 1. The van der Waals surface area contributed by atoms with Crippen molar-refractivity contribution in [2.45, 2.75) is 52.9 Å². The quantitative estimate of drug-likeness (QED) is 0.270. The maximum atomic E-state index is 3.63. The standard InChI is InChI=1S/C26H29Br2N/c1-4-5-6-7-8-21-9-11-22(12-10-21)29(23-13-15-25(27)19(2)17-23)24-14-16-26(28)20(3)18-24/h9-18H,4-8H2,1-3H3. The van der Waals surface area contributed by atoms with Crippen LogP contribution < -0.4 is 4.90 Å². The van der Waals surface area contributed by atoms with Crippen LogP contribution in [-0.4, -0.2) is 0 Å². The number of hydrogen-bond donors (Lipinski definition) is 0. The number of anilines is 3. The van der Waals surface area contributed by atoms with Crippen molar-refractivity contribution in [2.75, 3.05) is 4.90 Å². The average Bonchev–Trinajstić information content (AvgIpc) is 2.72. The van der Waals surface area contributed by atoms with Gasteiger partial charge in [-0.3, -0.25) is 0 Å². The van der Waals surface area contributed by atoms with Gasteiger partial charge in [0.15, 0.2) is 0 Å². The van der Waals surface area contributed by atoms with Crippen LogP contribution in [0.5, 0.6) is 0 Å². The molecule has 0 aliphatic rings. The molecule has 3 heteroatoms. The first-order valence-electron chi connectivity index (χ1n) is 10.4. The average molecular weight is 515 g/mol. The largest absolute Gasteiger partial charge is 0.310 e. The smallest absolute Gasteiger partial charge is 0.0465 e. The molecule has 1 nitrogen and oxygen atoms in total. The summed E-state index contributed by atoms with van der Waals surface area (Å²) in [7, 11) is 0. The molecule has 0 spiro atoms. The van der Waals surface area contributed by atoms with E-state index in [-0.39, 0.29) is 0 Å². The molecule has 0 amide bonds. The van der Waals surface area contributed by atoms with E-state index in [1.165, 1.54) is 59.4 Å². The second kappa shape index (κ2) is 10.4. The summed E-state index contributed by atoms with van der Waals surface area (Å²) < 4.78 is 2.27. The number of benzene rings is 3. The summed E-state index contributed by atoms with van der Waals surface area (Å²) in [6.45, 7) is 6.53. The van der Waals surface area contributed by atoms with Gasteiger partial charge in [0.2, 0.25) is 0 Å². The first kappa shape index (κ1) is 22.1. The minimum Gasteiger partial charge on any atom is -0.310 e. The van der Waals surface area contributed by atoms with Crippen LogP contribution in [0.2, 0.25) is 0 Å². The van der Waals surface area contributed by atoms with Crippen molar-refractivity contribution >= 4 is 48.9 Å². The lowest BCUT2D eigenvalue weighted by Crippen LogP contribution is -2.10. The number of aryl methyl sites for hydroxylation is 3. The fourth-order valence-electron chi connectivity index (χ4n) is 3.55. The lowest BCUT2D eigenvalue weighted by molar-refractivity contribution is 0.667. The summed E-state index contributed by atoms with van der Waals surface area (Å²) in [5.74, 6) is 0. The molecule has 3 rings (SSSR count). The number of halogens is 2. The van der Waals surface area contributed by atoms with E-state index in [1.54, 1.807) is 0 Å². The third-order valence-electron chi connectivity index (χ3n) is 5.31. The third kappa shape index (κ3) is 5.73. The van der Waals surface area contributed by atoms with E-state index in [1.807, 2.05) is 0 Å². The van der Waals surface area contributed by atoms with E-state index in [0.29, 0.717) is 0 Å². The van der Waals surface area contributed by atoms with Crippen molar-refractivity contribution in [1.82, 2.24) is 0 Å². The Morgan fingerprint density at radius 1 is 0.655 bits per heavy atom. The number of nitrogens with zero attached hydrogens (tertiary/aromatic N) is 1. The molecule has 0 N–H and O–H groups in total. The van der Waals surface area contributed by atoms with E-state index in [4.69, 9.17) is 0 Å². The molecule has 152 valence electrons. The lowest BCUT2D eigenvalue weighted by atomic mass is 10.0. The highest BCUT2D eigenvalue weighted by Gasteiger charge is 2.14. The van der Waals surface area contributed by atoms with E-state index < -0.39 is 0 Å². The van der Waals surface area contributed by atoms with Gasteiger partial charge in [0, 0.05) is 26.0 Å². The predicted molar refractivity (Wildman–Crippen MR) is 134 cm³/mol. The molecule has 3 aromatic carbocycles. The number of unbranched alkanes of at least 4 members (excludes halogenated alkanes) is 3. The van der Waals surface area contributed by atoms with Crippen LogP contribution in [0.1, 0.15) is 49.3 Å². The maximum absolute atomic E-state index is 3.63. The number of rotatable bonds is 8. The summed E-state index contributed by atoms with van der Waals surface area (Å²) in [5, 5.41) is 0. The highest BCUT2D eigenvalue weighted by atomic mass is 79.9. The van der Waals surface area contributed by atoms with Crippen LogP contribution in [0, 0.1) is 13.8 Å². The SMILES string of the molecule is CCCCCCc1ccc(N(c2ccc(Br)c(C)c2)c2ccc(Br)c(C)c2)cc1. The van der Waals surface area contributed by atoms with Crippen LogP contribution in [0.25, 0.3) is 0 Å². The van der Waals surface area contributed by atoms with Crippen molar-refractivity contribution in [1.29, 1.82) is 0 Å². The zero-order valence-electron chi connectivity index (χ0n) is 17.5. The fourth-order valence-corrected chi connectivity index (χ4v) is 4.04. The van der Waals surface area contributed by atoms with Gasteiger partial charge in [0.05, 0.1) is 0 Å². The molecular formula is C26H29Br2N. The van der Waals surface area contributed by atoms with Gasteiger partial charge in [0.25, 0.3) is 0 Å². The van der Waals surface area contributed by atoms with Gasteiger partial charge >= 0.3 is 0 Å². The minimum atomic E-state index is 1.13. The molecule has 29 heavy (non-hydrogen) atoms. The normalized spacial score (nSPS) is 10.9. The van der Waals surface area contributed by atoms with E-state index in [0.717, 1.165) is 15.4 Å². The zero-order chi connectivity index (χ0) is 20.8. The van der Waals surface area contributed by atoms with Crippen LogP contribution in [0.15, 0.2) is 69.6 Å². The molecule has 3 aromatic rings. The predicted octanol–water partition coefficient (Wildman–Crippen LogP) is 9.42. The van der Waals surface area contributed by atoms with Crippen molar-refractivity contribution in [3.8, 4) is 0 Å².